The lowest BCUT2D eigenvalue weighted by atomic mass is 10.1. The van der Waals surface area contributed by atoms with Crippen LogP contribution in [0.3, 0.4) is 0 Å². The van der Waals surface area contributed by atoms with E-state index in [1.54, 1.807) is 7.11 Å². The lowest BCUT2D eigenvalue weighted by molar-refractivity contribution is 0.399. The van der Waals surface area contributed by atoms with Gasteiger partial charge in [0.15, 0.2) is 0 Å². The molecule has 0 spiro atoms. The second kappa shape index (κ2) is 9.49. The van der Waals surface area contributed by atoms with Crippen LogP contribution in [0.4, 0.5) is 0 Å². The molecule has 0 aliphatic heterocycles. The Kier molecular flexibility index (Phi) is 8.82. The van der Waals surface area contributed by atoms with Crippen molar-refractivity contribution in [3.05, 3.63) is 29.8 Å². The van der Waals surface area contributed by atoms with Crippen molar-refractivity contribution >= 4 is 0 Å². The summed E-state index contributed by atoms with van der Waals surface area (Å²) < 4.78 is 5.07. The standard InChI is InChI=1S/C11H17NO.CH4O/c1-13-11-7-5-10(6-8-11)4-2-3-9-12;1-2/h5-8H,2-4,9,12H2,1H3;2H,1H3. The predicted octanol–water partition coefficient (Wildman–Crippen LogP) is 1.59. The fraction of sp³-hybridized carbons (Fsp3) is 0.500. The molecule has 86 valence electrons. The van der Waals surface area contributed by atoms with Gasteiger partial charge in [-0.05, 0) is 43.5 Å². The van der Waals surface area contributed by atoms with Gasteiger partial charge >= 0.3 is 0 Å². The Morgan fingerprint density at radius 2 is 1.73 bits per heavy atom. The number of benzene rings is 1. The van der Waals surface area contributed by atoms with Crippen LogP contribution < -0.4 is 10.5 Å². The molecule has 15 heavy (non-hydrogen) atoms. The molecule has 0 amide bonds. The van der Waals surface area contributed by atoms with Gasteiger partial charge in [0, 0.05) is 7.11 Å². The van der Waals surface area contributed by atoms with Crippen molar-refractivity contribution in [3.8, 4) is 5.75 Å². The Labute approximate surface area is 91.9 Å². The summed E-state index contributed by atoms with van der Waals surface area (Å²) in [4.78, 5) is 0. The van der Waals surface area contributed by atoms with Crippen LogP contribution in [0.25, 0.3) is 0 Å². The largest absolute Gasteiger partial charge is 0.497 e. The van der Waals surface area contributed by atoms with Crippen LogP contribution in [0.5, 0.6) is 5.75 Å². The highest BCUT2D eigenvalue weighted by molar-refractivity contribution is 5.27. The number of unbranched alkanes of at least 4 members (excludes halogenated alkanes) is 1. The van der Waals surface area contributed by atoms with Gasteiger partial charge in [-0.15, -0.1) is 0 Å². The predicted molar refractivity (Wildman–Crippen MR) is 63.1 cm³/mol. The molecule has 0 radical (unpaired) electrons. The maximum absolute atomic E-state index is 7.00. The zero-order chi connectivity index (χ0) is 11.5. The zero-order valence-electron chi connectivity index (χ0n) is 9.57. The number of ether oxygens (including phenoxy) is 1. The molecule has 0 aromatic heterocycles. The first-order chi connectivity index (χ1) is 7.36. The highest BCUT2D eigenvalue weighted by atomic mass is 16.5. The molecule has 0 aliphatic carbocycles. The van der Waals surface area contributed by atoms with E-state index in [9.17, 15) is 0 Å². The molecule has 3 nitrogen and oxygen atoms in total. The van der Waals surface area contributed by atoms with E-state index >= 15 is 0 Å². The van der Waals surface area contributed by atoms with Crippen LogP contribution in [-0.2, 0) is 6.42 Å². The summed E-state index contributed by atoms with van der Waals surface area (Å²) in [6.07, 6.45) is 3.38. The third-order valence-electron chi connectivity index (χ3n) is 2.08. The molecule has 0 atom stereocenters. The average molecular weight is 211 g/mol. The molecule has 0 unspecified atom stereocenters. The van der Waals surface area contributed by atoms with Gasteiger partial charge in [-0.1, -0.05) is 12.1 Å². The quantitative estimate of drug-likeness (QED) is 0.727. The van der Waals surface area contributed by atoms with Crippen LogP contribution in [0.1, 0.15) is 18.4 Å². The third kappa shape index (κ3) is 6.10. The van der Waals surface area contributed by atoms with Gasteiger partial charge in [-0.25, -0.2) is 0 Å². The van der Waals surface area contributed by atoms with Crippen molar-refractivity contribution in [1.29, 1.82) is 0 Å². The molecule has 0 fully saturated rings. The second-order valence-electron chi connectivity index (χ2n) is 3.09. The number of rotatable bonds is 5. The van der Waals surface area contributed by atoms with Gasteiger partial charge < -0.3 is 15.6 Å². The molecule has 0 bridgehead atoms. The first-order valence-electron chi connectivity index (χ1n) is 5.14. The van der Waals surface area contributed by atoms with E-state index in [1.165, 1.54) is 12.0 Å². The van der Waals surface area contributed by atoms with E-state index in [0.29, 0.717) is 0 Å². The number of aryl methyl sites for hydroxylation is 1. The Balaban J connectivity index is 0.000000921. The normalized spacial score (nSPS) is 9.07. The molecular weight excluding hydrogens is 190 g/mol. The van der Waals surface area contributed by atoms with Gasteiger partial charge in [-0.3, -0.25) is 0 Å². The van der Waals surface area contributed by atoms with Gasteiger partial charge in [0.1, 0.15) is 5.75 Å². The minimum absolute atomic E-state index is 0.788. The Morgan fingerprint density at radius 3 is 2.20 bits per heavy atom. The van der Waals surface area contributed by atoms with Crippen LogP contribution in [-0.4, -0.2) is 25.9 Å². The molecule has 1 aromatic rings. The summed E-state index contributed by atoms with van der Waals surface area (Å²) in [5.41, 5.74) is 6.77. The third-order valence-corrected chi connectivity index (χ3v) is 2.08. The molecular formula is C12H21NO2. The summed E-state index contributed by atoms with van der Waals surface area (Å²) in [5, 5.41) is 7.00. The summed E-state index contributed by atoms with van der Waals surface area (Å²) in [7, 11) is 2.68. The van der Waals surface area contributed by atoms with Gasteiger partial charge in [0.05, 0.1) is 7.11 Å². The molecule has 3 heteroatoms. The van der Waals surface area contributed by atoms with E-state index < -0.39 is 0 Å². The van der Waals surface area contributed by atoms with Crippen molar-refractivity contribution < 1.29 is 9.84 Å². The lowest BCUT2D eigenvalue weighted by Gasteiger charge is -2.02. The Morgan fingerprint density at radius 1 is 1.13 bits per heavy atom. The van der Waals surface area contributed by atoms with E-state index in [2.05, 4.69) is 12.1 Å². The minimum Gasteiger partial charge on any atom is -0.497 e. The van der Waals surface area contributed by atoms with E-state index in [4.69, 9.17) is 15.6 Å². The first kappa shape index (κ1) is 13.9. The second-order valence-corrected chi connectivity index (χ2v) is 3.09. The average Bonchev–Trinajstić information content (AvgIpc) is 2.33. The monoisotopic (exact) mass is 211 g/mol. The van der Waals surface area contributed by atoms with E-state index in [-0.39, 0.29) is 0 Å². The van der Waals surface area contributed by atoms with Crippen molar-refractivity contribution in [3.63, 3.8) is 0 Å². The highest BCUT2D eigenvalue weighted by Crippen LogP contribution is 2.12. The minimum atomic E-state index is 0.788. The molecule has 0 aliphatic rings. The molecule has 3 N–H and O–H groups in total. The summed E-state index contributed by atoms with van der Waals surface area (Å²) in [6, 6.07) is 8.21. The Hall–Kier alpha value is -1.06. The highest BCUT2D eigenvalue weighted by Gasteiger charge is 1.93. The molecule has 1 rings (SSSR count). The zero-order valence-corrected chi connectivity index (χ0v) is 9.57. The van der Waals surface area contributed by atoms with Crippen molar-refractivity contribution in [2.75, 3.05) is 20.8 Å². The van der Waals surface area contributed by atoms with Crippen LogP contribution >= 0.6 is 0 Å². The van der Waals surface area contributed by atoms with Gasteiger partial charge in [0.25, 0.3) is 0 Å². The van der Waals surface area contributed by atoms with Crippen LogP contribution in [0, 0.1) is 0 Å². The number of nitrogens with two attached hydrogens (primary N) is 1. The topological polar surface area (TPSA) is 55.5 Å². The first-order valence-corrected chi connectivity index (χ1v) is 5.14. The Bertz CT molecular complexity index is 234. The fourth-order valence-electron chi connectivity index (χ4n) is 1.27. The van der Waals surface area contributed by atoms with Crippen LogP contribution in [0.15, 0.2) is 24.3 Å². The van der Waals surface area contributed by atoms with Crippen LogP contribution in [0.2, 0.25) is 0 Å². The summed E-state index contributed by atoms with van der Waals surface area (Å²) in [6.45, 7) is 0.788. The smallest absolute Gasteiger partial charge is 0.118 e. The number of aliphatic hydroxyl groups is 1. The number of methoxy groups -OCH3 is 1. The SMILES string of the molecule is CO.COc1ccc(CCCCN)cc1. The number of hydrogen-bond acceptors (Lipinski definition) is 3. The van der Waals surface area contributed by atoms with Crippen molar-refractivity contribution in [1.82, 2.24) is 0 Å². The number of hydrogen-bond donors (Lipinski definition) is 2. The van der Waals surface area contributed by atoms with E-state index in [0.717, 1.165) is 32.2 Å². The van der Waals surface area contributed by atoms with Crippen molar-refractivity contribution in [2.24, 2.45) is 5.73 Å². The molecule has 0 saturated carbocycles. The van der Waals surface area contributed by atoms with E-state index in [1.807, 2.05) is 12.1 Å². The maximum Gasteiger partial charge on any atom is 0.118 e. The molecule has 0 heterocycles. The fourth-order valence-corrected chi connectivity index (χ4v) is 1.27. The summed E-state index contributed by atoms with van der Waals surface area (Å²) >= 11 is 0. The van der Waals surface area contributed by atoms with Gasteiger partial charge in [-0.2, -0.15) is 0 Å². The lowest BCUT2D eigenvalue weighted by Crippen LogP contribution is -1.98. The molecule has 0 saturated heterocycles. The summed E-state index contributed by atoms with van der Waals surface area (Å²) in [5.74, 6) is 0.919. The number of aliphatic hydroxyl groups excluding tert-OH is 1. The van der Waals surface area contributed by atoms with Crippen molar-refractivity contribution in [2.45, 2.75) is 19.3 Å². The molecule has 1 aromatic carbocycles. The maximum atomic E-state index is 7.00. The van der Waals surface area contributed by atoms with Gasteiger partial charge in [0.2, 0.25) is 0 Å².